The Bertz CT molecular complexity index is 1040. The van der Waals surface area contributed by atoms with Crippen molar-refractivity contribution in [1.29, 1.82) is 0 Å². The van der Waals surface area contributed by atoms with Gasteiger partial charge in [-0.2, -0.15) is 5.10 Å². The van der Waals surface area contributed by atoms with Crippen LogP contribution in [0.3, 0.4) is 0 Å². The third-order valence-corrected chi connectivity index (χ3v) is 4.48. The van der Waals surface area contributed by atoms with Crippen molar-refractivity contribution in [2.45, 2.75) is 6.92 Å². The Kier molecular flexibility index (Phi) is 6.36. The molecule has 0 N–H and O–H groups in total. The van der Waals surface area contributed by atoms with Gasteiger partial charge in [-0.3, -0.25) is 4.79 Å². The van der Waals surface area contributed by atoms with Crippen molar-refractivity contribution >= 4 is 11.5 Å². The fourth-order valence-electron chi connectivity index (χ4n) is 3.04. The lowest BCUT2D eigenvalue weighted by atomic mass is 9.98. The number of hydrogen-bond donors (Lipinski definition) is 0. The number of nitrogens with zero attached hydrogens (tertiary/aromatic N) is 3. The van der Waals surface area contributed by atoms with E-state index in [9.17, 15) is 4.79 Å². The van der Waals surface area contributed by atoms with E-state index >= 15 is 0 Å². The van der Waals surface area contributed by atoms with Gasteiger partial charge in [-0.1, -0.05) is 12.6 Å². The lowest BCUT2D eigenvalue weighted by molar-refractivity contribution is 0.103. The minimum Gasteiger partial charge on any atom is -0.494 e. The number of rotatable bonds is 9. The fourth-order valence-corrected chi connectivity index (χ4v) is 3.04. The van der Waals surface area contributed by atoms with Gasteiger partial charge in [0.2, 0.25) is 5.75 Å². The van der Waals surface area contributed by atoms with Gasteiger partial charge in [0.25, 0.3) is 0 Å². The third-order valence-electron chi connectivity index (χ3n) is 4.48. The smallest absolute Gasteiger partial charge is 0.203 e. The van der Waals surface area contributed by atoms with E-state index in [0.29, 0.717) is 46.4 Å². The van der Waals surface area contributed by atoms with Crippen LogP contribution in [0.2, 0.25) is 0 Å². The van der Waals surface area contributed by atoms with Crippen LogP contribution in [0.1, 0.15) is 28.4 Å². The summed E-state index contributed by atoms with van der Waals surface area (Å²) in [4.78, 5) is 17.4. The SMILES string of the molecule is C=C(OCC)c1ccc(C(=O)c2cc(OC)c(OC)c(OC)c2)c(-n2cncn2)c1. The summed E-state index contributed by atoms with van der Waals surface area (Å²) in [5, 5.41) is 4.18. The zero-order valence-electron chi connectivity index (χ0n) is 17.3. The summed E-state index contributed by atoms with van der Waals surface area (Å²) in [6, 6.07) is 8.51. The molecule has 0 fully saturated rings. The van der Waals surface area contributed by atoms with Crippen LogP contribution in [0.5, 0.6) is 17.2 Å². The maximum atomic E-state index is 13.4. The first-order valence-corrected chi connectivity index (χ1v) is 9.19. The van der Waals surface area contributed by atoms with Gasteiger partial charge in [-0.05, 0) is 31.2 Å². The van der Waals surface area contributed by atoms with E-state index in [1.807, 2.05) is 6.92 Å². The van der Waals surface area contributed by atoms with Crippen molar-refractivity contribution in [3.8, 4) is 22.9 Å². The molecule has 0 amide bonds. The van der Waals surface area contributed by atoms with Crippen LogP contribution in [0, 0.1) is 0 Å². The summed E-state index contributed by atoms with van der Waals surface area (Å²) in [6.07, 6.45) is 2.92. The Morgan fingerprint density at radius 3 is 2.27 bits per heavy atom. The minimum absolute atomic E-state index is 0.242. The molecule has 0 saturated carbocycles. The molecule has 30 heavy (non-hydrogen) atoms. The predicted molar refractivity (Wildman–Crippen MR) is 112 cm³/mol. The number of carbonyl (C=O) groups excluding carboxylic acids is 1. The van der Waals surface area contributed by atoms with Crippen molar-refractivity contribution in [3.05, 3.63) is 66.3 Å². The van der Waals surface area contributed by atoms with Crippen LogP contribution in [0.25, 0.3) is 11.4 Å². The van der Waals surface area contributed by atoms with E-state index in [-0.39, 0.29) is 5.78 Å². The largest absolute Gasteiger partial charge is 0.494 e. The van der Waals surface area contributed by atoms with E-state index < -0.39 is 0 Å². The van der Waals surface area contributed by atoms with Crippen molar-refractivity contribution in [2.24, 2.45) is 0 Å². The second-order valence-electron chi connectivity index (χ2n) is 6.17. The summed E-state index contributed by atoms with van der Waals surface area (Å²) in [6.45, 7) is 6.31. The highest BCUT2D eigenvalue weighted by atomic mass is 16.5. The average molecular weight is 409 g/mol. The first-order valence-electron chi connectivity index (χ1n) is 9.19. The van der Waals surface area contributed by atoms with Crippen molar-refractivity contribution < 1.29 is 23.7 Å². The Labute approximate surface area is 174 Å². The van der Waals surface area contributed by atoms with Crippen molar-refractivity contribution in [3.63, 3.8) is 0 Å². The molecule has 8 nitrogen and oxygen atoms in total. The molecule has 1 aromatic heterocycles. The van der Waals surface area contributed by atoms with E-state index in [1.165, 1.54) is 38.7 Å². The summed E-state index contributed by atoms with van der Waals surface area (Å²) in [5.41, 5.74) is 2.08. The number of methoxy groups -OCH3 is 3. The van der Waals surface area contributed by atoms with Crippen molar-refractivity contribution in [1.82, 2.24) is 14.8 Å². The molecular formula is C22H23N3O5. The van der Waals surface area contributed by atoms with E-state index in [4.69, 9.17) is 18.9 Å². The number of aromatic nitrogens is 3. The summed E-state index contributed by atoms with van der Waals surface area (Å²) in [7, 11) is 4.51. The number of carbonyl (C=O) groups is 1. The maximum Gasteiger partial charge on any atom is 0.203 e. The van der Waals surface area contributed by atoms with Gasteiger partial charge < -0.3 is 18.9 Å². The highest BCUT2D eigenvalue weighted by molar-refractivity contribution is 6.12. The second kappa shape index (κ2) is 9.13. The number of benzene rings is 2. The Hall–Kier alpha value is -3.81. The number of hydrogen-bond acceptors (Lipinski definition) is 7. The van der Waals surface area contributed by atoms with E-state index in [0.717, 1.165) is 5.56 Å². The molecule has 0 aliphatic carbocycles. The molecule has 0 bridgehead atoms. The first-order chi connectivity index (χ1) is 14.5. The molecule has 156 valence electrons. The van der Waals surface area contributed by atoms with Crippen LogP contribution in [-0.4, -0.2) is 48.5 Å². The zero-order chi connectivity index (χ0) is 21.7. The molecule has 0 saturated heterocycles. The Morgan fingerprint density at radius 1 is 1.03 bits per heavy atom. The van der Waals surface area contributed by atoms with Gasteiger partial charge in [0.05, 0.1) is 33.6 Å². The van der Waals surface area contributed by atoms with Crippen LogP contribution >= 0.6 is 0 Å². The molecule has 0 atom stereocenters. The standard InChI is InChI=1S/C22H23N3O5/c1-6-30-14(2)15-7-8-17(18(9-15)25-13-23-12-24-25)21(26)16-10-19(27-3)22(29-5)20(11-16)28-4/h7-13H,2,6H2,1,3-5H3. The summed E-state index contributed by atoms with van der Waals surface area (Å²) >= 11 is 0. The summed E-state index contributed by atoms with van der Waals surface area (Å²) < 4.78 is 23.1. The van der Waals surface area contributed by atoms with Crippen LogP contribution < -0.4 is 14.2 Å². The van der Waals surface area contributed by atoms with Crippen LogP contribution in [-0.2, 0) is 4.74 Å². The molecule has 0 aliphatic rings. The van der Waals surface area contributed by atoms with Gasteiger partial charge in [0.1, 0.15) is 18.4 Å². The van der Waals surface area contributed by atoms with E-state index in [1.54, 1.807) is 30.3 Å². The Balaban J connectivity index is 2.13. The second-order valence-corrected chi connectivity index (χ2v) is 6.17. The number of ether oxygens (including phenoxy) is 4. The lowest BCUT2D eigenvalue weighted by Crippen LogP contribution is -2.10. The van der Waals surface area contributed by atoms with Gasteiger partial charge >= 0.3 is 0 Å². The molecule has 0 spiro atoms. The van der Waals surface area contributed by atoms with Gasteiger partial charge in [-0.15, -0.1) is 0 Å². The zero-order valence-corrected chi connectivity index (χ0v) is 17.3. The normalized spacial score (nSPS) is 10.4. The monoisotopic (exact) mass is 409 g/mol. The Morgan fingerprint density at radius 2 is 1.73 bits per heavy atom. The third kappa shape index (κ3) is 3.98. The highest BCUT2D eigenvalue weighted by Gasteiger charge is 2.21. The molecule has 3 rings (SSSR count). The predicted octanol–water partition coefficient (Wildman–Crippen LogP) is 3.53. The molecule has 1 heterocycles. The first kappa shape index (κ1) is 20.9. The molecule has 0 radical (unpaired) electrons. The van der Waals surface area contributed by atoms with Crippen molar-refractivity contribution in [2.75, 3.05) is 27.9 Å². The average Bonchev–Trinajstić information content (AvgIpc) is 3.32. The van der Waals surface area contributed by atoms with Gasteiger partial charge in [-0.25, -0.2) is 9.67 Å². The molecule has 3 aromatic rings. The van der Waals surface area contributed by atoms with Crippen LogP contribution in [0.15, 0.2) is 49.6 Å². The van der Waals surface area contributed by atoms with Crippen LogP contribution in [0.4, 0.5) is 0 Å². The van der Waals surface area contributed by atoms with Gasteiger partial charge in [0.15, 0.2) is 17.3 Å². The maximum absolute atomic E-state index is 13.4. The molecule has 2 aromatic carbocycles. The quantitative estimate of drug-likeness (QED) is 0.395. The minimum atomic E-state index is -0.242. The van der Waals surface area contributed by atoms with E-state index in [2.05, 4.69) is 16.7 Å². The molecule has 0 aliphatic heterocycles. The molecular weight excluding hydrogens is 386 g/mol. The molecule has 0 unspecified atom stereocenters. The lowest BCUT2D eigenvalue weighted by Gasteiger charge is -2.15. The topological polar surface area (TPSA) is 84.7 Å². The fraction of sp³-hybridized carbons (Fsp3) is 0.227. The van der Waals surface area contributed by atoms with Gasteiger partial charge in [0, 0.05) is 16.7 Å². The highest BCUT2D eigenvalue weighted by Crippen LogP contribution is 2.39. The summed E-state index contributed by atoms with van der Waals surface area (Å²) in [5.74, 6) is 1.46. The molecule has 8 heteroatoms. The number of ketones is 1.